The molecular formula is C20H30N4O. The highest BCUT2D eigenvalue weighted by Crippen LogP contribution is 2.18. The van der Waals surface area contributed by atoms with Gasteiger partial charge in [-0.15, -0.1) is 0 Å². The predicted octanol–water partition coefficient (Wildman–Crippen LogP) is 2.56. The third-order valence-electron chi connectivity index (χ3n) is 4.84. The number of piperazine rings is 1. The Balaban J connectivity index is 1.73. The molecule has 1 amide bonds. The molecule has 1 N–H and O–H groups in total. The second-order valence-electron chi connectivity index (χ2n) is 7.57. The number of amides is 1. The summed E-state index contributed by atoms with van der Waals surface area (Å²) in [6.07, 6.45) is 0.900. The molecule has 0 radical (unpaired) electrons. The average molecular weight is 342 g/mol. The zero-order valence-corrected chi connectivity index (χ0v) is 15.9. The first-order valence-electron chi connectivity index (χ1n) is 9.08. The molecule has 0 bridgehead atoms. The van der Waals surface area contributed by atoms with Crippen LogP contribution in [0.2, 0.25) is 0 Å². The third kappa shape index (κ3) is 5.47. The van der Waals surface area contributed by atoms with Crippen molar-refractivity contribution in [3.8, 4) is 6.07 Å². The zero-order valence-electron chi connectivity index (χ0n) is 15.9. The quantitative estimate of drug-likeness (QED) is 0.863. The summed E-state index contributed by atoms with van der Waals surface area (Å²) in [5.41, 5.74) is 1.64. The van der Waals surface area contributed by atoms with E-state index in [1.54, 1.807) is 13.8 Å². The molecule has 1 aliphatic rings. The van der Waals surface area contributed by atoms with Crippen LogP contribution >= 0.6 is 0 Å². The number of hydrogen-bond donors (Lipinski definition) is 1. The van der Waals surface area contributed by atoms with Gasteiger partial charge in [-0.3, -0.25) is 9.69 Å². The number of rotatable bonds is 6. The number of anilines is 1. The molecule has 1 aliphatic heterocycles. The molecule has 0 spiro atoms. The van der Waals surface area contributed by atoms with Crippen molar-refractivity contribution in [1.29, 1.82) is 5.26 Å². The Hall–Kier alpha value is -2.06. The van der Waals surface area contributed by atoms with Crippen molar-refractivity contribution >= 4 is 11.6 Å². The molecule has 2 rings (SSSR count). The van der Waals surface area contributed by atoms with Crippen LogP contribution < -0.4 is 10.2 Å². The smallest absolute Gasteiger partial charge is 0.240 e. The first kappa shape index (κ1) is 19.3. The van der Waals surface area contributed by atoms with Crippen molar-refractivity contribution in [3.05, 3.63) is 29.8 Å². The van der Waals surface area contributed by atoms with E-state index >= 15 is 0 Å². The number of hydrogen-bond acceptors (Lipinski definition) is 4. The van der Waals surface area contributed by atoms with E-state index in [-0.39, 0.29) is 11.9 Å². The van der Waals surface area contributed by atoms with E-state index in [2.05, 4.69) is 46.3 Å². The maximum atomic E-state index is 12.0. The molecule has 0 aromatic heterocycles. The standard InChI is InChI=1S/C20H30N4O/c1-16-6-5-7-18(14-16)24-12-10-23(11-13-24)9-8-17(2)22-19(25)20(3,4)15-21/h5-7,14,17H,8-13H2,1-4H3,(H,22,25). The first-order valence-corrected chi connectivity index (χ1v) is 9.08. The predicted molar refractivity (Wildman–Crippen MR) is 101 cm³/mol. The highest BCUT2D eigenvalue weighted by molar-refractivity contribution is 5.84. The van der Waals surface area contributed by atoms with Gasteiger partial charge in [0.25, 0.3) is 0 Å². The van der Waals surface area contributed by atoms with Crippen molar-refractivity contribution in [1.82, 2.24) is 10.2 Å². The van der Waals surface area contributed by atoms with Crippen LogP contribution in [0, 0.1) is 23.7 Å². The van der Waals surface area contributed by atoms with Gasteiger partial charge in [0.1, 0.15) is 5.41 Å². The fourth-order valence-corrected chi connectivity index (χ4v) is 2.96. The number of aryl methyl sites for hydroxylation is 1. The SMILES string of the molecule is Cc1cccc(N2CCN(CCC(C)NC(=O)C(C)(C)C#N)CC2)c1. The Morgan fingerprint density at radius 3 is 2.60 bits per heavy atom. The van der Waals surface area contributed by atoms with E-state index in [1.807, 2.05) is 13.0 Å². The van der Waals surface area contributed by atoms with Gasteiger partial charge in [0, 0.05) is 44.5 Å². The highest BCUT2D eigenvalue weighted by Gasteiger charge is 2.28. The minimum atomic E-state index is -0.965. The number of nitriles is 1. The van der Waals surface area contributed by atoms with Crippen LogP contribution in [0.5, 0.6) is 0 Å². The van der Waals surface area contributed by atoms with Crippen LogP contribution in [0.1, 0.15) is 32.8 Å². The molecule has 1 atom stereocenters. The summed E-state index contributed by atoms with van der Waals surface area (Å²) in [6, 6.07) is 10.8. The first-order chi connectivity index (χ1) is 11.8. The third-order valence-corrected chi connectivity index (χ3v) is 4.84. The van der Waals surface area contributed by atoms with E-state index in [0.29, 0.717) is 0 Å². The number of benzene rings is 1. The lowest BCUT2D eigenvalue weighted by molar-refractivity contribution is -0.127. The molecule has 1 heterocycles. The maximum absolute atomic E-state index is 12.0. The Morgan fingerprint density at radius 1 is 1.32 bits per heavy atom. The normalized spacial score (nSPS) is 17.0. The molecule has 25 heavy (non-hydrogen) atoms. The monoisotopic (exact) mass is 342 g/mol. The summed E-state index contributed by atoms with van der Waals surface area (Å²) in [4.78, 5) is 16.9. The lowest BCUT2D eigenvalue weighted by atomic mass is 9.94. The molecule has 5 heteroatoms. The highest BCUT2D eigenvalue weighted by atomic mass is 16.2. The molecule has 5 nitrogen and oxygen atoms in total. The largest absolute Gasteiger partial charge is 0.369 e. The Labute approximate surface area is 151 Å². The van der Waals surface area contributed by atoms with E-state index in [1.165, 1.54) is 11.3 Å². The van der Waals surface area contributed by atoms with Crippen molar-refractivity contribution in [3.63, 3.8) is 0 Å². The molecule has 1 aromatic rings. The van der Waals surface area contributed by atoms with Gasteiger partial charge < -0.3 is 10.2 Å². The summed E-state index contributed by atoms with van der Waals surface area (Å²) in [7, 11) is 0. The molecule has 136 valence electrons. The lowest BCUT2D eigenvalue weighted by Crippen LogP contribution is -2.48. The van der Waals surface area contributed by atoms with Gasteiger partial charge in [-0.1, -0.05) is 12.1 Å². The van der Waals surface area contributed by atoms with Crippen molar-refractivity contribution < 1.29 is 4.79 Å². The molecule has 1 saturated heterocycles. The minimum Gasteiger partial charge on any atom is -0.369 e. The number of carbonyl (C=O) groups excluding carboxylic acids is 1. The van der Waals surface area contributed by atoms with E-state index < -0.39 is 5.41 Å². The van der Waals surface area contributed by atoms with E-state index in [9.17, 15) is 4.79 Å². The van der Waals surface area contributed by atoms with Crippen LogP contribution in [0.25, 0.3) is 0 Å². The second kappa shape index (κ2) is 8.35. The lowest BCUT2D eigenvalue weighted by Gasteiger charge is -2.36. The second-order valence-corrected chi connectivity index (χ2v) is 7.57. The van der Waals surface area contributed by atoms with Crippen LogP contribution in [0.15, 0.2) is 24.3 Å². The summed E-state index contributed by atoms with van der Waals surface area (Å²) in [5, 5.41) is 12.0. The summed E-state index contributed by atoms with van der Waals surface area (Å²) in [5.74, 6) is -0.188. The van der Waals surface area contributed by atoms with Crippen LogP contribution in [0.3, 0.4) is 0 Å². The van der Waals surface area contributed by atoms with Crippen LogP contribution in [-0.2, 0) is 4.79 Å². The van der Waals surface area contributed by atoms with Crippen LogP contribution in [-0.4, -0.2) is 49.6 Å². The summed E-state index contributed by atoms with van der Waals surface area (Å²) < 4.78 is 0. The van der Waals surface area contributed by atoms with Crippen molar-refractivity contribution in [2.75, 3.05) is 37.6 Å². The molecule has 0 aliphatic carbocycles. The number of nitrogens with one attached hydrogen (secondary N) is 1. The van der Waals surface area contributed by atoms with Gasteiger partial charge in [0.15, 0.2) is 0 Å². The Bertz CT molecular complexity index is 627. The van der Waals surface area contributed by atoms with Crippen LogP contribution in [0.4, 0.5) is 5.69 Å². The van der Waals surface area contributed by atoms with E-state index in [4.69, 9.17) is 5.26 Å². The Kier molecular flexibility index (Phi) is 6.44. The molecule has 1 fully saturated rings. The number of nitrogens with zero attached hydrogens (tertiary/aromatic N) is 3. The fraction of sp³-hybridized carbons (Fsp3) is 0.600. The topological polar surface area (TPSA) is 59.4 Å². The molecule has 1 aromatic carbocycles. The molecular weight excluding hydrogens is 312 g/mol. The van der Waals surface area contributed by atoms with Gasteiger partial charge in [0.2, 0.25) is 5.91 Å². The van der Waals surface area contributed by atoms with Crippen molar-refractivity contribution in [2.45, 2.75) is 40.2 Å². The van der Waals surface area contributed by atoms with Gasteiger partial charge in [-0.05, 0) is 51.8 Å². The van der Waals surface area contributed by atoms with Crippen molar-refractivity contribution in [2.24, 2.45) is 5.41 Å². The van der Waals surface area contributed by atoms with Gasteiger partial charge >= 0.3 is 0 Å². The van der Waals surface area contributed by atoms with Gasteiger partial charge in [0.05, 0.1) is 6.07 Å². The summed E-state index contributed by atoms with van der Waals surface area (Å²) >= 11 is 0. The van der Waals surface area contributed by atoms with Gasteiger partial charge in [-0.2, -0.15) is 5.26 Å². The summed E-state index contributed by atoms with van der Waals surface area (Å²) in [6.45, 7) is 12.6. The molecule has 1 unspecified atom stereocenters. The average Bonchev–Trinajstić information content (AvgIpc) is 2.60. The maximum Gasteiger partial charge on any atom is 0.240 e. The fourth-order valence-electron chi connectivity index (χ4n) is 2.96. The van der Waals surface area contributed by atoms with E-state index in [0.717, 1.165) is 39.1 Å². The Morgan fingerprint density at radius 2 is 2.00 bits per heavy atom. The minimum absolute atomic E-state index is 0.0786. The number of carbonyl (C=O) groups is 1. The molecule has 0 saturated carbocycles. The van der Waals surface area contributed by atoms with Gasteiger partial charge in [-0.25, -0.2) is 0 Å². The zero-order chi connectivity index (χ0) is 18.4.